The van der Waals surface area contributed by atoms with E-state index in [9.17, 15) is 0 Å². The molecule has 1 N–H and O–H groups in total. The van der Waals surface area contributed by atoms with Crippen molar-refractivity contribution < 1.29 is 0 Å². The molecule has 3 heteroatoms. The van der Waals surface area contributed by atoms with Crippen LogP contribution < -0.4 is 5.32 Å². The fourth-order valence-electron chi connectivity index (χ4n) is 2.02. The van der Waals surface area contributed by atoms with Crippen molar-refractivity contribution in [1.82, 2.24) is 14.9 Å². The highest BCUT2D eigenvalue weighted by Gasteiger charge is 2.29. The third kappa shape index (κ3) is 1.75. The first-order valence-electron chi connectivity index (χ1n) is 4.91. The van der Waals surface area contributed by atoms with Gasteiger partial charge in [-0.15, -0.1) is 0 Å². The Morgan fingerprint density at radius 2 is 2.54 bits per heavy atom. The standard InChI is InChI=1S/C10H17N3/c1-10(4-3-5-12-10)8-9-11-6-7-13(9)2/h6-7,12H,3-5,8H2,1-2H3. The van der Waals surface area contributed by atoms with E-state index < -0.39 is 0 Å². The molecule has 1 saturated heterocycles. The summed E-state index contributed by atoms with van der Waals surface area (Å²) < 4.78 is 2.10. The van der Waals surface area contributed by atoms with E-state index >= 15 is 0 Å². The number of aryl methyl sites for hydroxylation is 1. The van der Waals surface area contributed by atoms with Gasteiger partial charge in [0, 0.05) is 31.4 Å². The summed E-state index contributed by atoms with van der Waals surface area (Å²) in [6.07, 6.45) is 7.47. The molecule has 1 aliphatic rings. The molecule has 0 aromatic carbocycles. The van der Waals surface area contributed by atoms with E-state index in [0.29, 0.717) is 0 Å². The number of imidazole rings is 1. The third-order valence-corrected chi connectivity index (χ3v) is 2.93. The van der Waals surface area contributed by atoms with Crippen LogP contribution in [0.1, 0.15) is 25.6 Å². The molecule has 3 nitrogen and oxygen atoms in total. The zero-order valence-corrected chi connectivity index (χ0v) is 8.38. The van der Waals surface area contributed by atoms with Gasteiger partial charge < -0.3 is 9.88 Å². The molecule has 1 aliphatic heterocycles. The maximum atomic E-state index is 4.35. The second kappa shape index (κ2) is 3.14. The zero-order valence-electron chi connectivity index (χ0n) is 8.38. The summed E-state index contributed by atoms with van der Waals surface area (Å²) in [4.78, 5) is 4.35. The van der Waals surface area contributed by atoms with Gasteiger partial charge in [-0.05, 0) is 26.3 Å². The molecule has 2 heterocycles. The summed E-state index contributed by atoms with van der Waals surface area (Å²) >= 11 is 0. The Morgan fingerprint density at radius 3 is 3.08 bits per heavy atom. The summed E-state index contributed by atoms with van der Waals surface area (Å²) in [5.41, 5.74) is 0.277. The topological polar surface area (TPSA) is 29.9 Å². The van der Waals surface area contributed by atoms with E-state index in [1.165, 1.54) is 18.7 Å². The van der Waals surface area contributed by atoms with E-state index in [4.69, 9.17) is 0 Å². The SMILES string of the molecule is Cn1ccnc1CC1(C)CCCN1. The van der Waals surface area contributed by atoms with Crippen LogP contribution in [0.2, 0.25) is 0 Å². The van der Waals surface area contributed by atoms with Crippen LogP contribution in [0, 0.1) is 0 Å². The minimum absolute atomic E-state index is 0.277. The third-order valence-electron chi connectivity index (χ3n) is 2.93. The lowest BCUT2D eigenvalue weighted by atomic mass is 9.96. The number of hydrogen-bond acceptors (Lipinski definition) is 2. The molecule has 0 spiro atoms. The van der Waals surface area contributed by atoms with Crippen molar-refractivity contribution in [2.45, 2.75) is 31.7 Å². The molecule has 1 unspecified atom stereocenters. The number of rotatable bonds is 2. The van der Waals surface area contributed by atoms with Gasteiger partial charge in [0.1, 0.15) is 5.82 Å². The van der Waals surface area contributed by atoms with Gasteiger partial charge in [-0.25, -0.2) is 4.98 Å². The van der Waals surface area contributed by atoms with Gasteiger partial charge in [-0.3, -0.25) is 0 Å². The molecule has 0 radical (unpaired) electrons. The Bertz CT molecular complexity index is 284. The predicted octanol–water partition coefficient (Wildman–Crippen LogP) is 1.10. The average Bonchev–Trinajstić information content (AvgIpc) is 2.64. The lowest BCUT2D eigenvalue weighted by Crippen LogP contribution is -2.39. The Labute approximate surface area is 79.2 Å². The van der Waals surface area contributed by atoms with Crippen molar-refractivity contribution in [3.63, 3.8) is 0 Å². The van der Waals surface area contributed by atoms with Crippen LogP contribution in [-0.4, -0.2) is 21.6 Å². The molecular weight excluding hydrogens is 162 g/mol. The van der Waals surface area contributed by atoms with Crippen LogP contribution in [0.25, 0.3) is 0 Å². The van der Waals surface area contributed by atoms with E-state index in [1.807, 2.05) is 12.4 Å². The second-order valence-electron chi connectivity index (χ2n) is 4.22. The zero-order chi connectivity index (χ0) is 9.31. The molecule has 1 aromatic heterocycles. The first-order chi connectivity index (χ1) is 6.20. The maximum absolute atomic E-state index is 4.35. The highest BCUT2D eigenvalue weighted by molar-refractivity contribution is 5.01. The molecular formula is C10H17N3. The summed E-state index contributed by atoms with van der Waals surface area (Å²) in [6, 6.07) is 0. The second-order valence-corrected chi connectivity index (χ2v) is 4.22. The van der Waals surface area contributed by atoms with Crippen LogP contribution in [0.4, 0.5) is 0 Å². The molecule has 0 saturated carbocycles. The molecule has 1 fully saturated rings. The van der Waals surface area contributed by atoms with Crippen molar-refractivity contribution in [3.8, 4) is 0 Å². The smallest absolute Gasteiger partial charge is 0.110 e. The summed E-state index contributed by atoms with van der Waals surface area (Å²) in [6.45, 7) is 3.44. The summed E-state index contributed by atoms with van der Waals surface area (Å²) in [5, 5.41) is 3.55. The highest BCUT2D eigenvalue weighted by Crippen LogP contribution is 2.22. The molecule has 72 valence electrons. The average molecular weight is 179 g/mol. The Hall–Kier alpha value is -0.830. The van der Waals surface area contributed by atoms with E-state index in [-0.39, 0.29) is 5.54 Å². The molecule has 0 amide bonds. The van der Waals surface area contributed by atoms with Crippen molar-refractivity contribution >= 4 is 0 Å². The Morgan fingerprint density at radius 1 is 1.69 bits per heavy atom. The van der Waals surface area contributed by atoms with Crippen LogP contribution >= 0.6 is 0 Å². The molecule has 13 heavy (non-hydrogen) atoms. The lowest BCUT2D eigenvalue weighted by Gasteiger charge is -2.23. The van der Waals surface area contributed by atoms with Crippen LogP contribution in [0.5, 0.6) is 0 Å². The monoisotopic (exact) mass is 179 g/mol. The van der Waals surface area contributed by atoms with Crippen molar-refractivity contribution in [2.75, 3.05) is 6.54 Å². The van der Waals surface area contributed by atoms with Gasteiger partial charge in [-0.1, -0.05) is 0 Å². The quantitative estimate of drug-likeness (QED) is 0.737. The van der Waals surface area contributed by atoms with Gasteiger partial charge in [0.05, 0.1) is 0 Å². The van der Waals surface area contributed by atoms with E-state index in [2.05, 4.69) is 28.8 Å². The van der Waals surface area contributed by atoms with Gasteiger partial charge >= 0.3 is 0 Å². The van der Waals surface area contributed by atoms with Crippen molar-refractivity contribution in [3.05, 3.63) is 18.2 Å². The number of hydrogen-bond donors (Lipinski definition) is 1. The number of aromatic nitrogens is 2. The first-order valence-corrected chi connectivity index (χ1v) is 4.91. The van der Waals surface area contributed by atoms with Crippen molar-refractivity contribution in [2.24, 2.45) is 7.05 Å². The molecule has 1 aromatic rings. The predicted molar refractivity (Wildman–Crippen MR) is 52.6 cm³/mol. The Kier molecular flexibility index (Phi) is 2.12. The van der Waals surface area contributed by atoms with E-state index in [1.54, 1.807) is 0 Å². The minimum atomic E-state index is 0.277. The Balaban J connectivity index is 2.09. The number of nitrogens with one attached hydrogen (secondary N) is 1. The maximum Gasteiger partial charge on any atom is 0.110 e. The largest absolute Gasteiger partial charge is 0.338 e. The molecule has 0 bridgehead atoms. The van der Waals surface area contributed by atoms with Crippen LogP contribution in [0.15, 0.2) is 12.4 Å². The van der Waals surface area contributed by atoms with Gasteiger partial charge in [0.2, 0.25) is 0 Å². The van der Waals surface area contributed by atoms with Crippen LogP contribution in [-0.2, 0) is 13.5 Å². The fourth-order valence-corrected chi connectivity index (χ4v) is 2.02. The van der Waals surface area contributed by atoms with E-state index in [0.717, 1.165) is 13.0 Å². The molecule has 0 aliphatic carbocycles. The van der Waals surface area contributed by atoms with Gasteiger partial charge in [0.15, 0.2) is 0 Å². The number of nitrogens with zero attached hydrogens (tertiary/aromatic N) is 2. The minimum Gasteiger partial charge on any atom is -0.338 e. The molecule has 2 rings (SSSR count). The van der Waals surface area contributed by atoms with Crippen molar-refractivity contribution in [1.29, 1.82) is 0 Å². The van der Waals surface area contributed by atoms with Gasteiger partial charge in [0.25, 0.3) is 0 Å². The van der Waals surface area contributed by atoms with Gasteiger partial charge in [-0.2, -0.15) is 0 Å². The van der Waals surface area contributed by atoms with Crippen LogP contribution in [0.3, 0.4) is 0 Å². The first kappa shape index (κ1) is 8.75. The normalized spacial score (nSPS) is 28.2. The summed E-state index contributed by atoms with van der Waals surface area (Å²) in [7, 11) is 2.06. The summed E-state index contributed by atoms with van der Waals surface area (Å²) in [5.74, 6) is 1.18. The fraction of sp³-hybridized carbons (Fsp3) is 0.700. The highest BCUT2D eigenvalue weighted by atomic mass is 15.1. The molecule has 1 atom stereocenters. The lowest BCUT2D eigenvalue weighted by molar-refractivity contribution is 0.399.